The molecule has 304 valence electrons. The van der Waals surface area contributed by atoms with Gasteiger partial charge in [0, 0.05) is 43.9 Å². The molecule has 1 aliphatic rings. The minimum absolute atomic E-state index is 0.0480. The Bertz CT molecular complexity index is 922. The summed E-state index contributed by atoms with van der Waals surface area (Å²) in [6, 6.07) is 0. The Morgan fingerprint density at radius 3 is 1.69 bits per heavy atom. The fourth-order valence-electron chi connectivity index (χ4n) is 7.20. The Kier molecular flexibility index (Phi) is 30.2. The number of carbonyl (C=O) groups is 3. The van der Waals surface area contributed by atoms with E-state index in [0.717, 1.165) is 38.5 Å². The van der Waals surface area contributed by atoms with E-state index in [9.17, 15) is 34.8 Å². The first-order valence-corrected chi connectivity index (χ1v) is 21.4. The lowest BCUT2D eigenvalue weighted by Crippen LogP contribution is -2.28. The highest BCUT2D eigenvalue weighted by Gasteiger charge is 2.41. The van der Waals surface area contributed by atoms with Gasteiger partial charge in [-0.15, -0.1) is 0 Å². The predicted octanol–water partition coefficient (Wildman–Crippen LogP) is 8.85. The number of ether oxygens (including phenoxy) is 2. The van der Waals surface area contributed by atoms with Crippen molar-refractivity contribution < 1.29 is 44.3 Å². The maximum atomic E-state index is 12.7. The minimum atomic E-state index is -0.918. The molecule has 6 atom stereocenters. The van der Waals surface area contributed by atoms with Crippen molar-refractivity contribution in [3.05, 3.63) is 12.2 Å². The first-order valence-electron chi connectivity index (χ1n) is 21.4. The first-order chi connectivity index (χ1) is 25.2. The van der Waals surface area contributed by atoms with Gasteiger partial charge in [0.25, 0.3) is 0 Å². The molecule has 0 radical (unpaired) electrons. The molecule has 9 nitrogen and oxygen atoms in total. The van der Waals surface area contributed by atoms with Crippen LogP contribution in [0.4, 0.5) is 0 Å². The Balaban J connectivity index is 2.09. The predicted molar refractivity (Wildman–Crippen MR) is 208 cm³/mol. The average molecular weight is 739 g/mol. The number of carbonyl (C=O) groups excluding carboxylic acids is 3. The van der Waals surface area contributed by atoms with Gasteiger partial charge >= 0.3 is 11.9 Å². The topological polar surface area (TPSA) is 151 Å². The van der Waals surface area contributed by atoms with Crippen LogP contribution in [0.15, 0.2) is 12.2 Å². The third-order valence-electron chi connectivity index (χ3n) is 10.5. The van der Waals surface area contributed by atoms with Crippen molar-refractivity contribution >= 4 is 17.7 Å². The van der Waals surface area contributed by atoms with Crippen LogP contribution in [0.3, 0.4) is 0 Å². The number of hydrogen-bond donors (Lipinski definition) is 4. The van der Waals surface area contributed by atoms with Crippen molar-refractivity contribution in [1.29, 1.82) is 0 Å². The number of ketones is 1. The number of esters is 2. The molecule has 0 saturated heterocycles. The molecule has 52 heavy (non-hydrogen) atoms. The lowest BCUT2D eigenvalue weighted by Gasteiger charge is -2.20. The zero-order valence-corrected chi connectivity index (χ0v) is 33.2. The minimum Gasteiger partial charge on any atom is -0.462 e. The normalized spacial score (nSPS) is 20.0. The summed E-state index contributed by atoms with van der Waals surface area (Å²) < 4.78 is 10.5. The highest BCUT2D eigenvalue weighted by Crippen LogP contribution is 2.36. The SMILES string of the molecule is CCCCCCCCCCCCCCCCCCCC(=O)OC[C@H](CO)OC(=O)CCCCC(=O)C[C@@H]1[C@@H](/C=C/[C@@H](O)CCCCC)[C@H](O)C[C@@H]1O. The van der Waals surface area contributed by atoms with Gasteiger partial charge in [-0.2, -0.15) is 0 Å². The van der Waals surface area contributed by atoms with Crippen LogP contribution in [-0.4, -0.2) is 75.8 Å². The molecule has 0 spiro atoms. The first kappa shape index (κ1) is 48.2. The lowest BCUT2D eigenvalue weighted by molar-refractivity contribution is -0.161. The number of hydrogen-bond acceptors (Lipinski definition) is 9. The number of aliphatic hydroxyl groups excluding tert-OH is 4. The second-order valence-electron chi connectivity index (χ2n) is 15.4. The molecule has 1 saturated carbocycles. The Hall–Kier alpha value is -1.81. The standard InChI is InChI=1S/C43H78O9/c1-3-5-7-8-9-10-11-12-13-14-15-16-17-18-19-20-22-27-42(49)51-34-37(33-44)52-43(50)28-24-23-26-36(46)31-39-38(40(47)32-41(39)48)30-29-35(45)25-21-6-4-2/h29-30,35,37-41,44-45,47-48H,3-28,31-34H2,1-2H3/b30-29+/t35-,37-,38+,39+,40+,41-/m0/s1. The van der Waals surface area contributed by atoms with Crippen LogP contribution >= 0.6 is 0 Å². The molecule has 1 aliphatic carbocycles. The van der Waals surface area contributed by atoms with Crippen molar-refractivity contribution in [2.75, 3.05) is 13.2 Å². The molecular weight excluding hydrogens is 660 g/mol. The Labute approximate surface area is 316 Å². The number of aliphatic hydroxyl groups is 4. The van der Waals surface area contributed by atoms with Crippen molar-refractivity contribution in [3.63, 3.8) is 0 Å². The van der Waals surface area contributed by atoms with Crippen molar-refractivity contribution in [2.24, 2.45) is 11.8 Å². The van der Waals surface area contributed by atoms with Gasteiger partial charge < -0.3 is 29.9 Å². The molecular formula is C43H78O9. The summed E-state index contributed by atoms with van der Waals surface area (Å²) in [5.41, 5.74) is 0. The van der Waals surface area contributed by atoms with E-state index >= 15 is 0 Å². The smallest absolute Gasteiger partial charge is 0.306 e. The van der Waals surface area contributed by atoms with E-state index in [-0.39, 0.29) is 44.0 Å². The number of rotatable bonds is 35. The maximum absolute atomic E-state index is 12.7. The fourth-order valence-corrected chi connectivity index (χ4v) is 7.20. The van der Waals surface area contributed by atoms with E-state index in [4.69, 9.17) is 9.47 Å². The van der Waals surface area contributed by atoms with E-state index in [0.29, 0.717) is 25.7 Å². The van der Waals surface area contributed by atoms with Crippen LogP contribution in [-0.2, 0) is 23.9 Å². The van der Waals surface area contributed by atoms with Gasteiger partial charge in [0.2, 0.25) is 0 Å². The molecule has 0 aromatic carbocycles. The number of unbranched alkanes of at least 4 members (excludes halogenated alkanes) is 19. The van der Waals surface area contributed by atoms with E-state index in [2.05, 4.69) is 13.8 Å². The van der Waals surface area contributed by atoms with Gasteiger partial charge in [-0.25, -0.2) is 0 Å². The Morgan fingerprint density at radius 2 is 1.13 bits per heavy atom. The molecule has 1 fully saturated rings. The maximum Gasteiger partial charge on any atom is 0.306 e. The third-order valence-corrected chi connectivity index (χ3v) is 10.5. The number of Topliss-reactive ketones (excluding diaryl/α,β-unsaturated/α-hetero) is 1. The monoisotopic (exact) mass is 739 g/mol. The van der Waals surface area contributed by atoms with Crippen molar-refractivity contribution in [2.45, 2.75) is 218 Å². The zero-order valence-electron chi connectivity index (χ0n) is 33.2. The van der Waals surface area contributed by atoms with E-state index in [1.165, 1.54) is 89.9 Å². The molecule has 0 unspecified atom stereocenters. The highest BCUT2D eigenvalue weighted by molar-refractivity contribution is 5.79. The van der Waals surface area contributed by atoms with Crippen LogP contribution in [0, 0.1) is 11.8 Å². The summed E-state index contributed by atoms with van der Waals surface area (Å²) in [6.45, 7) is 3.74. The molecule has 0 amide bonds. The van der Waals surface area contributed by atoms with E-state index in [1.54, 1.807) is 12.2 Å². The zero-order chi connectivity index (χ0) is 38.2. The second kappa shape index (κ2) is 32.6. The van der Waals surface area contributed by atoms with E-state index < -0.39 is 48.8 Å². The molecule has 9 heteroatoms. The van der Waals surface area contributed by atoms with Crippen LogP contribution in [0.2, 0.25) is 0 Å². The quantitative estimate of drug-likeness (QED) is 0.0284. The van der Waals surface area contributed by atoms with Gasteiger partial charge in [-0.05, 0) is 25.7 Å². The van der Waals surface area contributed by atoms with Crippen molar-refractivity contribution in [1.82, 2.24) is 0 Å². The molecule has 4 N–H and O–H groups in total. The summed E-state index contributed by atoms with van der Waals surface area (Å²) in [6.07, 6.45) is 27.6. The molecule has 0 bridgehead atoms. The van der Waals surface area contributed by atoms with Gasteiger partial charge in [0.1, 0.15) is 12.4 Å². The van der Waals surface area contributed by atoms with Crippen LogP contribution < -0.4 is 0 Å². The van der Waals surface area contributed by atoms with Crippen LogP contribution in [0.5, 0.6) is 0 Å². The summed E-state index contributed by atoms with van der Waals surface area (Å²) >= 11 is 0. The average Bonchev–Trinajstić information content (AvgIpc) is 3.39. The molecule has 0 aromatic rings. The summed E-state index contributed by atoms with van der Waals surface area (Å²) in [5, 5.41) is 40.7. The summed E-state index contributed by atoms with van der Waals surface area (Å²) in [7, 11) is 0. The molecule has 0 aliphatic heterocycles. The van der Waals surface area contributed by atoms with Gasteiger partial charge in [0.05, 0.1) is 24.9 Å². The molecule has 0 aromatic heterocycles. The summed E-state index contributed by atoms with van der Waals surface area (Å²) in [5.74, 6) is -1.72. The van der Waals surface area contributed by atoms with E-state index in [1.807, 2.05) is 0 Å². The van der Waals surface area contributed by atoms with Gasteiger partial charge in [0.15, 0.2) is 6.10 Å². The van der Waals surface area contributed by atoms with Crippen LogP contribution in [0.25, 0.3) is 0 Å². The van der Waals surface area contributed by atoms with Gasteiger partial charge in [-0.1, -0.05) is 148 Å². The fraction of sp³-hybridized carbons (Fsp3) is 0.884. The van der Waals surface area contributed by atoms with Crippen molar-refractivity contribution in [3.8, 4) is 0 Å². The second-order valence-corrected chi connectivity index (χ2v) is 15.4. The van der Waals surface area contributed by atoms with Crippen LogP contribution in [0.1, 0.15) is 194 Å². The van der Waals surface area contributed by atoms with Gasteiger partial charge in [-0.3, -0.25) is 14.4 Å². The summed E-state index contributed by atoms with van der Waals surface area (Å²) in [4.78, 5) is 37.2. The Morgan fingerprint density at radius 1 is 0.654 bits per heavy atom. The lowest BCUT2D eigenvalue weighted by atomic mass is 9.87. The largest absolute Gasteiger partial charge is 0.462 e. The molecule has 1 rings (SSSR count). The highest BCUT2D eigenvalue weighted by atomic mass is 16.6. The molecule has 0 heterocycles. The third kappa shape index (κ3) is 25.3.